The van der Waals surface area contributed by atoms with Gasteiger partial charge in [0.15, 0.2) is 30.3 Å². The molecule has 4 fully saturated rings. The fourth-order valence-corrected chi connectivity index (χ4v) is 12.5. The van der Waals surface area contributed by atoms with Crippen molar-refractivity contribution in [1.29, 1.82) is 0 Å². The number of ether oxygens (including phenoxy) is 11. The molecular weight excluding hydrogens is 1070 g/mol. The van der Waals surface area contributed by atoms with Gasteiger partial charge in [-0.1, -0.05) is 105 Å². The maximum Gasteiger partial charge on any atom is 0.408 e. The summed E-state index contributed by atoms with van der Waals surface area (Å²) in [6.45, 7) is 31.5. The molecule has 22 atom stereocenters. The smallest absolute Gasteiger partial charge is 0.408 e. The Labute approximate surface area is 494 Å². The van der Waals surface area contributed by atoms with Crippen molar-refractivity contribution in [3.05, 3.63) is 35.9 Å². The van der Waals surface area contributed by atoms with Crippen molar-refractivity contribution in [1.82, 2.24) is 10.2 Å². The Kier molecular flexibility index (Phi) is 26.2. The molecule has 1 aromatic rings. The van der Waals surface area contributed by atoms with Crippen LogP contribution in [0, 0.1) is 46.8 Å². The van der Waals surface area contributed by atoms with Crippen molar-refractivity contribution in [3.8, 4) is 0 Å². The van der Waals surface area contributed by atoms with E-state index >= 15 is 9.59 Å². The van der Waals surface area contributed by atoms with Crippen molar-refractivity contribution < 1.29 is 86.3 Å². The SMILES string of the molecule is CON=C1C[C@@H](C)O[C@@H](OC2C(C)CC(C)(OC(=O)NCc3ccccc3)C(=O)C(C)C(OC(=O)CC(C)C)C(C)C(C(C)CO[C@@H]3O[C@H](C)[C@@H](O)[C@@H](OC)[C@H]3OC)OC(=O)C(C)C(O[C@H]3CC(C)N(CC(C)(C)C)C[C@H](C)O3)C2C)[C@@H]1O. The number of Topliss-reactive ketones (excluding diaryl/α,β-unsaturated/α-hetero) is 1. The molecule has 1 aromatic carbocycles. The minimum absolute atomic E-state index is 0.00596. The highest BCUT2D eigenvalue weighted by molar-refractivity contribution is 5.91. The van der Waals surface area contributed by atoms with Gasteiger partial charge in [-0.2, -0.15) is 0 Å². The molecule has 474 valence electrons. The Morgan fingerprint density at radius 2 is 1.48 bits per heavy atom. The van der Waals surface area contributed by atoms with Crippen LogP contribution in [0.15, 0.2) is 35.5 Å². The molecule has 4 saturated heterocycles. The van der Waals surface area contributed by atoms with Crippen molar-refractivity contribution >= 4 is 29.5 Å². The summed E-state index contributed by atoms with van der Waals surface area (Å²) in [6.07, 6.45) is -13.6. The Hall–Kier alpha value is -3.87. The van der Waals surface area contributed by atoms with E-state index in [1.807, 2.05) is 78.8 Å². The molecule has 0 aliphatic carbocycles. The number of oxime groups is 1. The predicted octanol–water partition coefficient (Wildman–Crippen LogP) is 7.62. The van der Waals surface area contributed by atoms with Crippen LogP contribution in [0.3, 0.4) is 0 Å². The Morgan fingerprint density at radius 3 is 2.10 bits per heavy atom. The lowest BCUT2D eigenvalue weighted by molar-refractivity contribution is -0.305. The summed E-state index contributed by atoms with van der Waals surface area (Å²) >= 11 is 0. The molecule has 12 unspecified atom stereocenters. The third-order valence-electron chi connectivity index (χ3n) is 16.7. The van der Waals surface area contributed by atoms with Crippen LogP contribution in [0.4, 0.5) is 4.79 Å². The molecule has 21 heteroatoms. The number of hydrogen-bond acceptors (Lipinski definition) is 20. The van der Waals surface area contributed by atoms with Gasteiger partial charge in [-0.3, -0.25) is 19.3 Å². The molecule has 1 amide bonds. The molecule has 4 aliphatic heterocycles. The lowest BCUT2D eigenvalue weighted by atomic mass is 9.74. The summed E-state index contributed by atoms with van der Waals surface area (Å²) in [5, 5.41) is 29.8. The maximum absolute atomic E-state index is 15.9. The second-order valence-electron chi connectivity index (χ2n) is 26.0. The van der Waals surface area contributed by atoms with Gasteiger partial charge in [-0.15, -0.1) is 0 Å². The van der Waals surface area contributed by atoms with Gasteiger partial charge in [-0.25, -0.2) is 4.79 Å². The third kappa shape index (κ3) is 19.1. The fraction of sp³-hybridized carbons (Fsp3) is 0.823. The summed E-state index contributed by atoms with van der Waals surface area (Å²) in [5.74, 6) is -7.41. The third-order valence-corrected chi connectivity index (χ3v) is 16.7. The number of cyclic esters (lactones) is 1. The molecule has 0 radical (unpaired) electrons. The number of methoxy groups -OCH3 is 2. The molecule has 5 rings (SSSR count). The number of nitrogens with one attached hydrogen (secondary N) is 1. The van der Waals surface area contributed by atoms with E-state index in [1.54, 1.807) is 34.6 Å². The van der Waals surface area contributed by atoms with Gasteiger partial charge in [-0.05, 0) is 70.8 Å². The molecular formula is C62H103N3O18. The average molecular weight is 1180 g/mol. The number of benzene rings is 1. The van der Waals surface area contributed by atoms with Gasteiger partial charge in [0.2, 0.25) is 0 Å². The molecule has 0 bridgehead atoms. The number of ketones is 1. The summed E-state index contributed by atoms with van der Waals surface area (Å²) in [5.41, 5.74) is -0.900. The number of hydrogen-bond donors (Lipinski definition) is 3. The van der Waals surface area contributed by atoms with Crippen molar-refractivity contribution in [2.75, 3.05) is 41.0 Å². The van der Waals surface area contributed by atoms with E-state index in [-0.39, 0.29) is 55.9 Å². The highest BCUT2D eigenvalue weighted by atomic mass is 16.7. The van der Waals surface area contributed by atoms with Crippen molar-refractivity contribution in [2.45, 2.75) is 241 Å². The Morgan fingerprint density at radius 1 is 0.819 bits per heavy atom. The van der Waals surface area contributed by atoms with Crippen LogP contribution in [-0.2, 0) is 77.9 Å². The number of amides is 1. The molecule has 3 N–H and O–H groups in total. The summed E-state index contributed by atoms with van der Waals surface area (Å²) in [4.78, 5) is 67.3. The van der Waals surface area contributed by atoms with E-state index in [9.17, 15) is 19.8 Å². The van der Waals surface area contributed by atoms with Crippen LogP contribution in [0.2, 0.25) is 0 Å². The number of nitrogens with zero attached hydrogens (tertiary/aromatic N) is 2. The zero-order valence-electron chi connectivity index (χ0n) is 53.1. The first kappa shape index (κ1) is 69.9. The number of aliphatic hydroxyl groups is 2. The molecule has 21 nitrogen and oxygen atoms in total. The van der Waals surface area contributed by atoms with Gasteiger partial charge in [0, 0.05) is 76.9 Å². The van der Waals surface area contributed by atoms with Gasteiger partial charge >= 0.3 is 18.0 Å². The van der Waals surface area contributed by atoms with E-state index in [1.165, 1.54) is 21.3 Å². The number of esters is 2. The number of carbonyl (C=O) groups excluding carboxylic acids is 4. The second-order valence-corrected chi connectivity index (χ2v) is 26.0. The quantitative estimate of drug-likeness (QED) is 0.0726. The van der Waals surface area contributed by atoms with Crippen molar-refractivity contribution in [3.63, 3.8) is 0 Å². The van der Waals surface area contributed by atoms with Gasteiger partial charge in [0.25, 0.3) is 0 Å². The molecule has 4 heterocycles. The first-order chi connectivity index (χ1) is 38.9. The largest absolute Gasteiger partial charge is 0.461 e. The van der Waals surface area contributed by atoms with Crippen LogP contribution in [0.1, 0.15) is 142 Å². The minimum atomic E-state index is -1.96. The van der Waals surface area contributed by atoms with Gasteiger partial charge < -0.3 is 72.5 Å². The van der Waals surface area contributed by atoms with E-state index in [0.29, 0.717) is 18.7 Å². The molecule has 4 aliphatic rings. The number of carbonyl (C=O) groups is 4. The van der Waals surface area contributed by atoms with Gasteiger partial charge in [0.1, 0.15) is 43.7 Å². The zero-order valence-corrected chi connectivity index (χ0v) is 53.1. The zero-order chi connectivity index (χ0) is 61.8. The number of rotatable bonds is 18. The van der Waals surface area contributed by atoms with E-state index < -0.39 is 145 Å². The highest BCUT2D eigenvalue weighted by Gasteiger charge is 2.53. The number of aliphatic hydroxyl groups excluding tert-OH is 2. The first-order valence-corrected chi connectivity index (χ1v) is 30.0. The summed E-state index contributed by atoms with van der Waals surface area (Å²) in [6, 6.07) is 9.25. The molecule has 0 saturated carbocycles. The van der Waals surface area contributed by atoms with Crippen LogP contribution in [-0.4, -0.2) is 183 Å². The maximum atomic E-state index is 15.9. The Bertz CT molecular complexity index is 2230. The number of alkyl carbamates (subject to hydrolysis) is 1. The Balaban J connectivity index is 1.71. The van der Waals surface area contributed by atoms with Crippen LogP contribution >= 0.6 is 0 Å². The van der Waals surface area contributed by atoms with E-state index in [4.69, 9.17) is 56.9 Å². The van der Waals surface area contributed by atoms with Crippen LogP contribution in [0.25, 0.3) is 0 Å². The minimum Gasteiger partial charge on any atom is -0.461 e. The van der Waals surface area contributed by atoms with Crippen LogP contribution in [0.5, 0.6) is 0 Å². The topological polar surface area (TPSA) is 247 Å². The molecule has 0 aromatic heterocycles. The van der Waals surface area contributed by atoms with Crippen LogP contribution < -0.4 is 5.32 Å². The predicted molar refractivity (Wildman–Crippen MR) is 308 cm³/mol. The van der Waals surface area contributed by atoms with E-state index in [0.717, 1.165) is 12.1 Å². The lowest BCUT2D eigenvalue weighted by Gasteiger charge is -2.45. The normalized spacial score (nSPS) is 38.4. The average Bonchev–Trinajstić information content (AvgIpc) is 3.18. The summed E-state index contributed by atoms with van der Waals surface area (Å²) < 4.78 is 71.0. The van der Waals surface area contributed by atoms with E-state index in [2.05, 4.69) is 43.1 Å². The molecule has 0 spiro atoms. The second kappa shape index (κ2) is 31.2. The van der Waals surface area contributed by atoms with Gasteiger partial charge in [0.05, 0.1) is 54.7 Å². The summed E-state index contributed by atoms with van der Waals surface area (Å²) in [7, 11) is 4.31. The lowest BCUT2D eigenvalue weighted by Crippen LogP contribution is -2.59. The fourth-order valence-electron chi connectivity index (χ4n) is 12.5. The highest BCUT2D eigenvalue weighted by Crippen LogP contribution is 2.41. The van der Waals surface area contributed by atoms with Crippen molar-refractivity contribution in [2.24, 2.45) is 52.0 Å². The molecule has 83 heavy (non-hydrogen) atoms. The standard InChI is InChI=1S/C62H103N3O18/c1-33(2)25-46(66)79-52-40(9)51(35(4)31-75-59-55(73-18)54(72-17)48(67)43(12)78-59)81-57(70)42(11)53(80-47-26-36(5)65(30-38(7)76-47)32-61(13,14)15)39(8)50(82-58-49(68)45(64-74-19)27-37(6)77-58)34(3)28-62(16,56(69)41(52)10)83-60(71)63-29-44-23-21-20-22-24-44/h20-24,33-43,47-55,58-59,67-68H,25-32H2,1-19H3,(H,63,71)/t34?,35?,36?,37-,38+,39?,40?,41?,42?,43-,47+,48-,49-,50?,51?,52?,53?,54-,55-,58+,59-,62?/m1/s1. The first-order valence-electron chi connectivity index (χ1n) is 30.0. The monoisotopic (exact) mass is 1180 g/mol.